The molecule has 1 aromatic carbocycles. The summed E-state index contributed by atoms with van der Waals surface area (Å²) in [6.45, 7) is 5.96. The maximum Gasteiger partial charge on any atom is 0.227 e. The third-order valence-electron chi connectivity index (χ3n) is 4.87. The molecular weight excluding hydrogens is 364 g/mol. The van der Waals surface area contributed by atoms with E-state index in [1.54, 1.807) is 7.11 Å². The number of morpholine rings is 1. The Morgan fingerprint density at radius 3 is 2.81 bits per heavy atom. The standard InChI is InChI=1S/C19H28N4O3S/c1-25-17-6-5-15(14-16(17)23-8-3-2-4-18(23)24)21-19(27)20-7-9-22-10-12-26-13-11-22/h5-6,14H,2-4,7-13H2,1H3,(H2,20,21,27). The number of ether oxygens (including phenoxy) is 2. The van der Waals surface area contributed by atoms with Crippen LogP contribution in [0.1, 0.15) is 19.3 Å². The summed E-state index contributed by atoms with van der Waals surface area (Å²) in [5.74, 6) is 0.838. The van der Waals surface area contributed by atoms with Gasteiger partial charge in [0.1, 0.15) is 5.75 Å². The predicted molar refractivity (Wildman–Crippen MR) is 111 cm³/mol. The molecule has 0 atom stereocenters. The van der Waals surface area contributed by atoms with Crippen LogP contribution in [0, 0.1) is 0 Å². The first kappa shape index (κ1) is 19.9. The molecule has 0 aromatic heterocycles. The van der Waals surface area contributed by atoms with Crippen LogP contribution in [-0.4, -0.2) is 69.0 Å². The molecule has 3 rings (SSSR count). The Morgan fingerprint density at radius 1 is 1.26 bits per heavy atom. The fraction of sp³-hybridized carbons (Fsp3) is 0.579. The molecule has 2 heterocycles. The highest BCUT2D eigenvalue weighted by molar-refractivity contribution is 7.80. The largest absolute Gasteiger partial charge is 0.495 e. The van der Waals surface area contributed by atoms with Crippen molar-refractivity contribution >= 4 is 34.6 Å². The zero-order valence-electron chi connectivity index (χ0n) is 15.8. The zero-order chi connectivity index (χ0) is 19.1. The molecule has 0 radical (unpaired) electrons. The summed E-state index contributed by atoms with van der Waals surface area (Å²) >= 11 is 5.41. The van der Waals surface area contributed by atoms with Gasteiger partial charge >= 0.3 is 0 Å². The lowest BCUT2D eigenvalue weighted by Gasteiger charge is -2.28. The summed E-state index contributed by atoms with van der Waals surface area (Å²) in [6, 6.07) is 5.71. The average Bonchev–Trinajstić information content (AvgIpc) is 2.69. The number of amides is 1. The van der Waals surface area contributed by atoms with Crippen LogP contribution in [0.3, 0.4) is 0 Å². The summed E-state index contributed by atoms with van der Waals surface area (Å²) in [5, 5.41) is 7.02. The van der Waals surface area contributed by atoms with E-state index < -0.39 is 0 Å². The lowest BCUT2D eigenvalue weighted by molar-refractivity contribution is -0.119. The van der Waals surface area contributed by atoms with E-state index in [2.05, 4.69) is 15.5 Å². The van der Waals surface area contributed by atoms with E-state index in [1.165, 1.54) is 0 Å². The van der Waals surface area contributed by atoms with Crippen LogP contribution in [0.15, 0.2) is 18.2 Å². The summed E-state index contributed by atoms with van der Waals surface area (Å²) in [4.78, 5) is 16.4. The van der Waals surface area contributed by atoms with Crippen molar-refractivity contribution in [2.75, 3.05) is 63.3 Å². The Hall–Kier alpha value is -1.90. The minimum absolute atomic E-state index is 0.142. The van der Waals surface area contributed by atoms with Gasteiger partial charge in [-0.3, -0.25) is 9.69 Å². The van der Waals surface area contributed by atoms with E-state index in [9.17, 15) is 4.79 Å². The highest BCUT2D eigenvalue weighted by Crippen LogP contribution is 2.33. The summed E-state index contributed by atoms with van der Waals surface area (Å²) in [5.41, 5.74) is 1.64. The maximum absolute atomic E-state index is 12.3. The molecule has 2 aliphatic heterocycles. The predicted octanol–water partition coefficient (Wildman–Crippen LogP) is 1.83. The van der Waals surface area contributed by atoms with E-state index in [1.807, 2.05) is 23.1 Å². The molecule has 27 heavy (non-hydrogen) atoms. The van der Waals surface area contributed by atoms with Crippen molar-refractivity contribution in [1.29, 1.82) is 0 Å². The third kappa shape index (κ3) is 5.54. The van der Waals surface area contributed by atoms with Gasteiger partial charge in [0.05, 0.1) is 26.0 Å². The van der Waals surface area contributed by atoms with Gasteiger partial charge in [-0.1, -0.05) is 0 Å². The molecular formula is C19H28N4O3S. The van der Waals surface area contributed by atoms with Gasteiger partial charge in [-0.2, -0.15) is 0 Å². The van der Waals surface area contributed by atoms with E-state index in [4.69, 9.17) is 21.7 Å². The Balaban J connectivity index is 1.56. The van der Waals surface area contributed by atoms with Gasteiger partial charge in [0.15, 0.2) is 5.11 Å². The first-order valence-corrected chi connectivity index (χ1v) is 9.91. The second-order valence-corrected chi connectivity index (χ2v) is 7.13. The van der Waals surface area contributed by atoms with Crippen LogP contribution in [0.25, 0.3) is 0 Å². The van der Waals surface area contributed by atoms with E-state index in [0.29, 0.717) is 17.3 Å². The van der Waals surface area contributed by atoms with Crippen LogP contribution >= 0.6 is 12.2 Å². The average molecular weight is 393 g/mol. The molecule has 2 N–H and O–H groups in total. The molecule has 148 valence electrons. The fourth-order valence-corrected chi connectivity index (χ4v) is 3.59. The molecule has 2 fully saturated rings. The summed E-state index contributed by atoms with van der Waals surface area (Å²) < 4.78 is 10.8. The molecule has 2 saturated heterocycles. The molecule has 0 spiro atoms. The Morgan fingerprint density at radius 2 is 2.07 bits per heavy atom. The van der Waals surface area contributed by atoms with Crippen molar-refractivity contribution < 1.29 is 14.3 Å². The van der Waals surface area contributed by atoms with Crippen molar-refractivity contribution in [1.82, 2.24) is 10.2 Å². The van der Waals surface area contributed by atoms with E-state index >= 15 is 0 Å². The minimum Gasteiger partial charge on any atom is -0.495 e. The van der Waals surface area contributed by atoms with Crippen molar-refractivity contribution in [3.8, 4) is 5.75 Å². The smallest absolute Gasteiger partial charge is 0.227 e. The Bertz CT molecular complexity index is 664. The van der Waals surface area contributed by atoms with Crippen molar-refractivity contribution in [2.24, 2.45) is 0 Å². The van der Waals surface area contributed by atoms with Gasteiger partial charge in [0.25, 0.3) is 0 Å². The van der Waals surface area contributed by atoms with Crippen LogP contribution in [0.5, 0.6) is 5.75 Å². The fourth-order valence-electron chi connectivity index (χ4n) is 3.37. The lowest BCUT2D eigenvalue weighted by atomic mass is 10.1. The minimum atomic E-state index is 0.142. The second kappa shape index (κ2) is 9.87. The van der Waals surface area contributed by atoms with E-state index in [-0.39, 0.29) is 5.91 Å². The number of carbonyl (C=O) groups excluding carboxylic acids is 1. The highest BCUT2D eigenvalue weighted by atomic mass is 32.1. The summed E-state index contributed by atoms with van der Waals surface area (Å²) in [6.07, 6.45) is 2.54. The van der Waals surface area contributed by atoms with Crippen molar-refractivity contribution in [3.63, 3.8) is 0 Å². The zero-order valence-corrected chi connectivity index (χ0v) is 16.6. The number of hydrogen-bond donors (Lipinski definition) is 2. The number of nitrogens with zero attached hydrogens (tertiary/aromatic N) is 2. The van der Waals surface area contributed by atoms with Gasteiger partial charge in [0.2, 0.25) is 5.91 Å². The third-order valence-corrected chi connectivity index (χ3v) is 5.11. The Labute approximate surface area is 166 Å². The van der Waals surface area contributed by atoms with Crippen LogP contribution in [0.4, 0.5) is 11.4 Å². The normalized spacial score (nSPS) is 18.3. The quantitative estimate of drug-likeness (QED) is 0.716. The van der Waals surface area contributed by atoms with Crippen molar-refractivity contribution in [2.45, 2.75) is 19.3 Å². The summed E-state index contributed by atoms with van der Waals surface area (Å²) in [7, 11) is 1.62. The number of rotatable bonds is 6. The molecule has 7 nitrogen and oxygen atoms in total. The van der Waals surface area contributed by atoms with Gasteiger partial charge in [-0.25, -0.2) is 0 Å². The number of methoxy groups -OCH3 is 1. The molecule has 1 aromatic rings. The van der Waals surface area contributed by atoms with Crippen LogP contribution < -0.4 is 20.3 Å². The topological polar surface area (TPSA) is 66.1 Å². The molecule has 8 heteroatoms. The molecule has 0 unspecified atom stereocenters. The Kier molecular flexibility index (Phi) is 7.25. The molecule has 0 bridgehead atoms. The second-order valence-electron chi connectivity index (χ2n) is 6.72. The number of thiocarbonyl (C=S) groups is 1. The molecule has 0 aliphatic carbocycles. The lowest BCUT2D eigenvalue weighted by Crippen LogP contribution is -2.42. The molecule has 0 saturated carbocycles. The SMILES string of the molecule is COc1ccc(NC(=S)NCCN2CCOCC2)cc1N1CCCCC1=O. The van der Waals surface area contributed by atoms with Gasteiger partial charge < -0.3 is 25.0 Å². The van der Waals surface area contributed by atoms with E-state index in [0.717, 1.165) is 70.2 Å². The first-order chi connectivity index (χ1) is 13.2. The molecule has 1 amide bonds. The van der Waals surface area contributed by atoms with Gasteiger partial charge in [0, 0.05) is 44.8 Å². The number of benzene rings is 1. The van der Waals surface area contributed by atoms with Crippen LogP contribution in [-0.2, 0) is 9.53 Å². The first-order valence-electron chi connectivity index (χ1n) is 9.51. The number of hydrogen-bond acceptors (Lipinski definition) is 5. The monoisotopic (exact) mass is 392 g/mol. The number of anilines is 2. The van der Waals surface area contributed by atoms with Crippen LogP contribution in [0.2, 0.25) is 0 Å². The number of piperidine rings is 1. The highest BCUT2D eigenvalue weighted by Gasteiger charge is 2.23. The van der Waals surface area contributed by atoms with Gasteiger partial charge in [-0.15, -0.1) is 0 Å². The maximum atomic E-state index is 12.3. The van der Waals surface area contributed by atoms with Crippen molar-refractivity contribution in [3.05, 3.63) is 18.2 Å². The number of carbonyl (C=O) groups is 1. The molecule has 2 aliphatic rings. The van der Waals surface area contributed by atoms with Gasteiger partial charge in [-0.05, 0) is 43.3 Å². The number of nitrogens with one attached hydrogen (secondary N) is 2.